The second-order valence-corrected chi connectivity index (χ2v) is 5.45. The summed E-state index contributed by atoms with van der Waals surface area (Å²) in [6, 6.07) is 12.6. The highest BCUT2D eigenvalue weighted by molar-refractivity contribution is 6.40. The lowest BCUT2D eigenvalue weighted by atomic mass is 10.0. The van der Waals surface area contributed by atoms with Crippen LogP contribution >= 0.6 is 11.6 Å². The molecule has 6 heteroatoms. The molecule has 3 N–H and O–H groups in total. The van der Waals surface area contributed by atoms with Gasteiger partial charge >= 0.3 is 0 Å². The Morgan fingerprint density at radius 1 is 1.00 bits per heavy atom. The molecule has 0 fully saturated rings. The molecule has 2 aliphatic heterocycles. The number of hydrogen-bond acceptors (Lipinski definition) is 4. The van der Waals surface area contributed by atoms with Gasteiger partial charge in [0.05, 0.1) is 17.0 Å². The van der Waals surface area contributed by atoms with Gasteiger partial charge in [0.15, 0.2) is 0 Å². The Morgan fingerprint density at radius 2 is 1.82 bits per heavy atom. The van der Waals surface area contributed by atoms with E-state index in [9.17, 15) is 10.0 Å². The van der Waals surface area contributed by atoms with Crippen LogP contribution in [0.25, 0.3) is 5.57 Å². The minimum Gasteiger partial charge on any atom is -0.410 e. The Bertz CT molecular complexity index is 887. The lowest BCUT2D eigenvalue weighted by Gasteiger charge is -2.05. The molecule has 0 atom stereocenters. The normalized spacial score (nSPS) is 20.6. The summed E-state index contributed by atoms with van der Waals surface area (Å²) < 4.78 is 0. The Kier molecular flexibility index (Phi) is 2.71. The van der Waals surface area contributed by atoms with E-state index in [1.54, 1.807) is 18.2 Å². The third-order valence-corrected chi connectivity index (χ3v) is 3.99. The van der Waals surface area contributed by atoms with Gasteiger partial charge < -0.3 is 15.8 Å². The summed E-state index contributed by atoms with van der Waals surface area (Å²) in [4.78, 5) is 12.4. The second-order valence-electron chi connectivity index (χ2n) is 5.01. The molecular formula is C16H10ClN3O2. The lowest BCUT2D eigenvalue weighted by Crippen LogP contribution is -2.12. The van der Waals surface area contributed by atoms with E-state index in [1.165, 1.54) is 0 Å². The van der Waals surface area contributed by atoms with Crippen LogP contribution in [0.2, 0.25) is 5.02 Å². The molecule has 2 aromatic rings. The van der Waals surface area contributed by atoms with Crippen LogP contribution < -0.4 is 10.6 Å². The van der Waals surface area contributed by atoms with E-state index in [0.717, 1.165) is 16.8 Å². The number of allylic oxidation sites excluding steroid dienone is 1. The Balaban J connectivity index is 1.96. The number of nitrogens with zero attached hydrogens (tertiary/aromatic N) is 1. The zero-order valence-corrected chi connectivity index (χ0v) is 12.0. The van der Waals surface area contributed by atoms with Crippen LogP contribution in [0.5, 0.6) is 0 Å². The minimum atomic E-state index is -0.256. The number of para-hydroxylation sites is 1. The molecule has 22 heavy (non-hydrogen) atoms. The monoisotopic (exact) mass is 311 g/mol. The highest BCUT2D eigenvalue weighted by Gasteiger charge is 2.34. The number of oxime groups is 1. The number of hydrogen-bond donors (Lipinski definition) is 3. The second kappa shape index (κ2) is 4.61. The molecule has 0 spiro atoms. The maximum atomic E-state index is 12.4. The molecule has 2 heterocycles. The molecule has 108 valence electrons. The highest BCUT2D eigenvalue weighted by atomic mass is 35.5. The van der Waals surface area contributed by atoms with Crippen molar-refractivity contribution >= 4 is 40.2 Å². The van der Waals surface area contributed by atoms with Gasteiger partial charge in [0.2, 0.25) is 0 Å². The topological polar surface area (TPSA) is 73.7 Å². The van der Waals surface area contributed by atoms with E-state index in [0.29, 0.717) is 27.7 Å². The summed E-state index contributed by atoms with van der Waals surface area (Å²) in [5, 5.41) is 19.2. The van der Waals surface area contributed by atoms with Gasteiger partial charge in [-0.15, -0.1) is 0 Å². The predicted molar refractivity (Wildman–Crippen MR) is 85.4 cm³/mol. The molecule has 2 aromatic carbocycles. The van der Waals surface area contributed by atoms with Crippen molar-refractivity contribution in [3.63, 3.8) is 0 Å². The number of anilines is 2. The van der Waals surface area contributed by atoms with E-state index >= 15 is 0 Å². The molecule has 4 rings (SSSR count). The van der Waals surface area contributed by atoms with Crippen molar-refractivity contribution in [1.29, 1.82) is 0 Å². The van der Waals surface area contributed by atoms with Gasteiger partial charge in [-0.25, -0.2) is 0 Å². The number of carbonyl (C=O) groups is 1. The summed E-state index contributed by atoms with van der Waals surface area (Å²) in [5.74, 6) is -0.256. The molecule has 0 aromatic heterocycles. The van der Waals surface area contributed by atoms with E-state index in [-0.39, 0.29) is 5.91 Å². The molecule has 0 saturated heterocycles. The van der Waals surface area contributed by atoms with Crippen LogP contribution in [0, 0.1) is 0 Å². The quantitative estimate of drug-likeness (QED) is 0.397. The van der Waals surface area contributed by atoms with E-state index < -0.39 is 0 Å². The third-order valence-electron chi connectivity index (χ3n) is 3.75. The van der Waals surface area contributed by atoms with Crippen LogP contribution in [0.1, 0.15) is 11.1 Å². The van der Waals surface area contributed by atoms with Gasteiger partial charge in [0, 0.05) is 21.8 Å². The number of benzene rings is 2. The molecule has 0 saturated carbocycles. The first-order valence-corrected chi connectivity index (χ1v) is 7.01. The zero-order valence-electron chi connectivity index (χ0n) is 11.2. The molecule has 1 amide bonds. The lowest BCUT2D eigenvalue weighted by molar-refractivity contribution is -0.110. The van der Waals surface area contributed by atoms with Gasteiger partial charge in [-0.1, -0.05) is 41.0 Å². The SMILES string of the molecule is O=C1Nc2cc(Cl)ccc2/C1=C1/Nc2ccccc2/C1=N/O. The molecule has 0 unspecified atom stereocenters. The molecule has 0 radical (unpaired) electrons. The van der Waals surface area contributed by atoms with Gasteiger partial charge in [0.1, 0.15) is 5.71 Å². The van der Waals surface area contributed by atoms with Crippen molar-refractivity contribution in [2.24, 2.45) is 5.16 Å². The smallest absolute Gasteiger partial charge is 0.258 e. The van der Waals surface area contributed by atoms with E-state index in [4.69, 9.17) is 11.6 Å². The zero-order chi connectivity index (χ0) is 15.3. The minimum absolute atomic E-state index is 0.256. The van der Waals surface area contributed by atoms with E-state index in [2.05, 4.69) is 15.8 Å². The first-order chi connectivity index (χ1) is 10.7. The summed E-state index contributed by atoms with van der Waals surface area (Å²) in [5.41, 5.74) is 4.21. The average molecular weight is 312 g/mol. The number of fused-ring (bicyclic) bond motifs is 2. The van der Waals surface area contributed by atoms with Crippen LogP contribution in [0.15, 0.2) is 53.3 Å². The predicted octanol–water partition coefficient (Wildman–Crippen LogP) is 3.31. The highest BCUT2D eigenvalue weighted by Crippen LogP contribution is 2.39. The average Bonchev–Trinajstić information content (AvgIpc) is 3.02. The summed E-state index contributed by atoms with van der Waals surface area (Å²) in [7, 11) is 0. The maximum absolute atomic E-state index is 12.4. The maximum Gasteiger partial charge on any atom is 0.258 e. The van der Waals surface area contributed by atoms with Crippen LogP contribution in [0.3, 0.4) is 0 Å². The number of nitrogens with one attached hydrogen (secondary N) is 2. The fraction of sp³-hybridized carbons (Fsp3) is 0. The fourth-order valence-corrected chi connectivity index (χ4v) is 2.98. The van der Waals surface area contributed by atoms with Crippen molar-refractivity contribution in [1.82, 2.24) is 0 Å². The number of amides is 1. The molecule has 0 aliphatic carbocycles. The first kappa shape index (κ1) is 12.9. The van der Waals surface area contributed by atoms with Crippen molar-refractivity contribution in [3.05, 3.63) is 64.3 Å². The largest absolute Gasteiger partial charge is 0.410 e. The van der Waals surface area contributed by atoms with Gasteiger partial charge in [0.25, 0.3) is 5.91 Å². The molecule has 2 aliphatic rings. The Labute approximate surface area is 130 Å². The van der Waals surface area contributed by atoms with Crippen LogP contribution in [-0.2, 0) is 4.79 Å². The fourth-order valence-electron chi connectivity index (χ4n) is 2.81. The standard InChI is InChI=1S/C16H10ClN3O2/c17-8-5-6-9-12(7-8)19-16(21)13(9)15-14(20-22)10-3-1-2-4-11(10)18-15/h1-7,18,22H,(H,19,21)/b15-13-,20-14-. The van der Waals surface area contributed by atoms with Crippen molar-refractivity contribution in [3.8, 4) is 0 Å². The van der Waals surface area contributed by atoms with Crippen LogP contribution in [0.4, 0.5) is 11.4 Å². The number of halogens is 1. The van der Waals surface area contributed by atoms with Gasteiger partial charge in [-0.3, -0.25) is 4.79 Å². The van der Waals surface area contributed by atoms with Gasteiger partial charge in [-0.05, 0) is 18.2 Å². The van der Waals surface area contributed by atoms with Crippen LogP contribution in [-0.4, -0.2) is 16.8 Å². The third kappa shape index (κ3) is 1.72. The Hall–Kier alpha value is -2.79. The molecule has 0 bridgehead atoms. The summed E-state index contributed by atoms with van der Waals surface area (Å²) >= 11 is 5.96. The van der Waals surface area contributed by atoms with Crippen molar-refractivity contribution < 1.29 is 10.0 Å². The van der Waals surface area contributed by atoms with E-state index in [1.807, 2.05) is 24.3 Å². The first-order valence-electron chi connectivity index (χ1n) is 6.63. The number of carbonyl (C=O) groups excluding carboxylic acids is 1. The molecular weight excluding hydrogens is 302 g/mol. The summed E-state index contributed by atoms with van der Waals surface area (Å²) in [6.45, 7) is 0. The van der Waals surface area contributed by atoms with Gasteiger partial charge in [-0.2, -0.15) is 0 Å². The summed E-state index contributed by atoms with van der Waals surface area (Å²) in [6.07, 6.45) is 0. The number of rotatable bonds is 0. The van der Waals surface area contributed by atoms with Crippen molar-refractivity contribution in [2.75, 3.05) is 10.6 Å². The molecule has 5 nitrogen and oxygen atoms in total. The Morgan fingerprint density at radius 3 is 2.64 bits per heavy atom. The van der Waals surface area contributed by atoms with Crippen molar-refractivity contribution in [2.45, 2.75) is 0 Å².